The predicted octanol–water partition coefficient (Wildman–Crippen LogP) is 5.13. The summed E-state index contributed by atoms with van der Waals surface area (Å²) in [6, 6.07) is 20.1. The minimum absolute atomic E-state index is 0.136. The quantitative estimate of drug-likeness (QED) is 0.496. The molecule has 0 spiro atoms. The summed E-state index contributed by atoms with van der Waals surface area (Å²) in [4.78, 5) is 42.5. The number of hydrogen-bond acceptors (Lipinski definition) is 3. The Balaban J connectivity index is 1.66. The van der Waals surface area contributed by atoms with Crippen LogP contribution in [0, 0.1) is 11.8 Å². The molecule has 0 saturated carbocycles. The van der Waals surface area contributed by atoms with E-state index in [1.54, 1.807) is 12.1 Å². The average molecular weight is 462 g/mol. The number of rotatable bonds is 2. The van der Waals surface area contributed by atoms with E-state index in [2.05, 4.69) is 0 Å². The summed E-state index contributed by atoms with van der Waals surface area (Å²) in [5, 5.41) is 0.600. The van der Waals surface area contributed by atoms with Crippen LogP contribution in [0.25, 0.3) is 0 Å². The standard InChI is InChI=1S/C26H17Cl2NO3/c1-13(30)26-17-8-4-2-6-15(17)21(16-7-3-5-9-18(16)26)22-23(26)25(32)29(24(22)31)14-10-11-19(27)20(28)12-14/h2-12,21-23H,1H3/t21?,22-,23-,26?/m1/s1. The Morgan fingerprint density at radius 3 is 2.00 bits per heavy atom. The number of carbonyl (C=O) groups is 3. The fourth-order valence-corrected chi connectivity index (χ4v) is 6.54. The highest BCUT2D eigenvalue weighted by molar-refractivity contribution is 6.42. The first-order valence-electron chi connectivity index (χ1n) is 10.4. The topological polar surface area (TPSA) is 54.5 Å². The number of Topliss-reactive ketones (excluding diaryl/α,β-unsaturated/α-hetero) is 1. The Labute approximate surface area is 194 Å². The van der Waals surface area contributed by atoms with Crippen molar-refractivity contribution < 1.29 is 14.4 Å². The van der Waals surface area contributed by atoms with Crippen LogP contribution in [0.1, 0.15) is 35.1 Å². The second-order valence-corrected chi connectivity index (χ2v) is 9.44. The summed E-state index contributed by atoms with van der Waals surface area (Å²) < 4.78 is 0. The van der Waals surface area contributed by atoms with Gasteiger partial charge >= 0.3 is 0 Å². The molecule has 2 bridgehead atoms. The number of amides is 2. The summed E-state index contributed by atoms with van der Waals surface area (Å²) >= 11 is 12.3. The van der Waals surface area contributed by atoms with Gasteiger partial charge in [-0.3, -0.25) is 14.4 Å². The fraction of sp³-hybridized carbons (Fsp3) is 0.192. The molecule has 32 heavy (non-hydrogen) atoms. The molecule has 1 saturated heterocycles. The van der Waals surface area contributed by atoms with Gasteiger partial charge in [0.1, 0.15) is 5.78 Å². The van der Waals surface area contributed by atoms with Crippen LogP contribution >= 0.6 is 23.2 Å². The highest BCUT2D eigenvalue weighted by Gasteiger charge is 2.69. The largest absolute Gasteiger partial charge is 0.299 e. The predicted molar refractivity (Wildman–Crippen MR) is 122 cm³/mol. The van der Waals surface area contributed by atoms with E-state index in [4.69, 9.17) is 23.2 Å². The molecule has 0 unspecified atom stereocenters. The molecule has 1 aliphatic heterocycles. The van der Waals surface area contributed by atoms with E-state index in [-0.39, 0.29) is 28.5 Å². The number of anilines is 1. The molecular formula is C26H17Cl2NO3. The van der Waals surface area contributed by atoms with Crippen molar-refractivity contribution in [2.45, 2.75) is 18.3 Å². The summed E-state index contributed by atoms with van der Waals surface area (Å²) in [7, 11) is 0. The minimum atomic E-state index is -1.20. The zero-order valence-electron chi connectivity index (χ0n) is 17.0. The Morgan fingerprint density at radius 1 is 0.844 bits per heavy atom. The van der Waals surface area contributed by atoms with Crippen molar-refractivity contribution in [1.82, 2.24) is 0 Å². The maximum absolute atomic E-state index is 13.9. The second-order valence-electron chi connectivity index (χ2n) is 8.63. The van der Waals surface area contributed by atoms with Crippen LogP contribution in [0.2, 0.25) is 10.0 Å². The smallest absolute Gasteiger partial charge is 0.239 e. The van der Waals surface area contributed by atoms with Crippen LogP contribution in [0.15, 0.2) is 66.7 Å². The van der Waals surface area contributed by atoms with E-state index < -0.39 is 17.3 Å². The van der Waals surface area contributed by atoms with Gasteiger partial charge in [-0.1, -0.05) is 71.7 Å². The highest BCUT2D eigenvalue weighted by atomic mass is 35.5. The average Bonchev–Trinajstić information content (AvgIpc) is 3.06. The lowest BCUT2D eigenvalue weighted by atomic mass is 9.46. The van der Waals surface area contributed by atoms with Gasteiger partial charge in [-0.15, -0.1) is 0 Å². The minimum Gasteiger partial charge on any atom is -0.299 e. The van der Waals surface area contributed by atoms with Gasteiger partial charge in [0.2, 0.25) is 11.8 Å². The normalized spacial score (nSPS) is 27.2. The molecule has 1 heterocycles. The van der Waals surface area contributed by atoms with Gasteiger partial charge in [-0.25, -0.2) is 4.90 Å². The molecule has 0 aromatic heterocycles. The maximum atomic E-state index is 13.9. The van der Waals surface area contributed by atoms with Gasteiger partial charge in [0.05, 0.1) is 33.0 Å². The first kappa shape index (κ1) is 19.7. The molecule has 7 rings (SSSR count). The lowest BCUT2D eigenvalue weighted by Gasteiger charge is -2.52. The zero-order valence-corrected chi connectivity index (χ0v) is 18.5. The molecule has 2 amide bonds. The third-order valence-electron chi connectivity index (χ3n) is 7.33. The molecular weight excluding hydrogens is 445 g/mol. The van der Waals surface area contributed by atoms with E-state index in [1.165, 1.54) is 17.9 Å². The summed E-state index contributed by atoms with van der Waals surface area (Å²) in [5.74, 6) is -2.58. The monoisotopic (exact) mass is 461 g/mol. The molecule has 4 aliphatic rings. The highest BCUT2D eigenvalue weighted by Crippen LogP contribution is 2.64. The molecule has 6 heteroatoms. The number of ketones is 1. The molecule has 3 aromatic carbocycles. The van der Waals surface area contributed by atoms with Crippen LogP contribution in [-0.2, 0) is 19.8 Å². The number of hydrogen-bond donors (Lipinski definition) is 0. The zero-order chi connectivity index (χ0) is 22.4. The van der Waals surface area contributed by atoms with Crippen LogP contribution in [0.3, 0.4) is 0 Å². The molecule has 4 nitrogen and oxygen atoms in total. The molecule has 3 aromatic rings. The second kappa shape index (κ2) is 6.53. The lowest BCUT2D eigenvalue weighted by molar-refractivity contribution is -0.132. The summed E-state index contributed by atoms with van der Waals surface area (Å²) in [5.41, 5.74) is 2.71. The van der Waals surface area contributed by atoms with Crippen LogP contribution in [0.4, 0.5) is 5.69 Å². The van der Waals surface area contributed by atoms with Crippen LogP contribution < -0.4 is 4.90 Å². The Bertz CT molecular complexity index is 1320. The maximum Gasteiger partial charge on any atom is 0.239 e. The third kappa shape index (κ3) is 2.17. The summed E-state index contributed by atoms with van der Waals surface area (Å²) in [6.07, 6.45) is 0. The van der Waals surface area contributed by atoms with Crippen molar-refractivity contribution in [3.05, 3.63) is 99.0 Å². The number of halogens is 2. The molecule has 1 fully saturated rings. The molecule has 158 valence electrons. The molecule has 0 N–H and O–H groups in total. The van der Waals surface area contributed by atoms with Crippen molar-refractivity contribution >= 4 is 46.5 Å². The van der Waals surface area contributed by atoms with Gasteiger partial charge in [0, 0.05) is 5.92 Å². The van der Waals surface area contributed by atoms with Crippen molar-refractivity contribution in [3.8, 4) is 0 Å². The van der Waals surface area contributed by atoms with Crippen molar-refractivity contribution in [3.63, 3.8) is 0 Å². The van der Waals surface area contributed by atoms with E-state index in [0.29, 0.717) is 10.7 Å². The first-order chi connectivity index (χ1) is 15.4. The van der Waals surface area contributed by atoms with Gasteiger partial charge in [0.25, 0.3) is 0 Å². The molecule has 2 atom stereocenters. The number of benzene rings is 3. The third-order valence-corrected chi connectivity index (χ3v) is 8.07. The van der Waals surface area contributed by atoms with E-state index >= 15 is 0 Å². The van der Waals surface area contributed by atoms with Crippen molar-refractivity contribution in [1.29, 1.82) is 0 Å². The lowest BCUT2D eigenvalue weighted by Crippen LogP contribution is -2.57. The summed E-state index contributed by atoms with van der Waals surface area (Å²) in [6.45, 7) is 1.52. The molecule has 0 radical (unpaired) electrons. The molecule has 3 aliphatic carbocycles. The van der Waals surface area contributed by atoms with Crippen LogP contribution in [-0.4, -0.2) is 17.6 Å². The first-order valence-corrected chi connectivity index (χ1v) is 11.2. The van der Waals surface area contributed by atoms with E-state index in [9.17, 15) is 14.4 Å². The van der Waals surface area contributed by atoms with Gasteiger partial charge in [-0.05, 0) is 47.4 Å². The van der Waals surface area contributed by atoms with Gasteiger partial charge in [-0.2, -0.15) is 0 Å². The van der Waals surface area contributed by atoms with E-state index in [1.807, 2.05) is 48.5 Å². The fourth-order valence-electron chi connectivity index (χ4n) is 6.25. The Morgan fingerprint density at radius 2 is 1.44 bits per heavy atom. The number of carbonyl (C=O) groups excluding carboxylic acids is 3. The van der Waals surface area contributed by atoms with Crippen LogP contribution in [0.5, 0.6) is 0 Å². The van der Waals surface area contributed by atoms with E-state index in [0.717, 1.165) is 22.3 Å². The number of nitrogens with zero attached hydrogens (tertiary/aromatic N) is 1. The Kier molecular flexibility index (Phi) is 4.02. The SMILES string of the molecule is CC(=O)C12c3ccccc3C(c3ccccc31)[C@H]1C(=O)N(c3ccc(Cl)c(Cl)c3)C(=O)[C@@H]12. The van der Waals surface area contributed by atoms with Crippen molar-refractivity contribution in [2.75, 3.05) is 4.90 Å². The number of imide groups is 1. The Hall–Kier alpha value is -2.95. The van der Waals surface area contributed by atoms with Gasteiger partial charge in [0.15, 0.2) is 0 Å². The van der Waals surface area contributed by atoms with Gasteiger partial charge < -0.3 is 0 Å². The van der Waals surface area contributed by atoms with Crippen molar-refractivity contribution in [2.24, 2.45) is 11.8 Å².